The number of aliphatic hydroxyl groups excluding tert-OH is 4. The predicted octanol–water partition coefficient (Wildman–Crippen LogP) is -2.29. The first-order valence-electron chi connectivity index (χ1n) is 6.96. The summed E-state index contributed by atoms with van der Waals surface area (Å²) >= 11 is 0. The van der Waals surface area contributed by atoms with E-state index in [2.05, 4.69) is 0 Å². The summed E-state index contributed by atoms with van der Waals surface area (Å²) in [6.45, 7) is 0. The highest BCUT2D eigenvalue weighted by Crippen LogP contribution is 2.40. The zero-order valence-corrected chi connectivity index (χ0v) is 11.7. The molecule has 10 nitrogen and oxygen atoms in total. The van der Waals surface area contributed by atoms with Crippen LogP contribution in [-0.4, -0.2) is 83.0 Å². The van der Waals surface area contributed by atoms with Crippen LogP contribution in [0.4, 0.5) is 0 Å². The lowest BCUT2D eigenvalue weighted by atomic mass is 10.0. The summed E-state index contributed by atoms with van der Waals surface area (Å²) in [7, 11) is 0. The molecule has 0 radical (unpaired) electrons. The average molecular weight is 320 g/mol. The molecule has 0 aromatic carbocycles. The Bertz CT molecular complexity index is 414. The SMILES string of the molecule is O=C(O)CC(C(=O)O)(N1C(O)CCC1O)N1C(O)CCC1O. The maximum absolute atomic E-state index is 11.9. The van der Waals surface area contributed by atoms with E-state index in [1.165, 1.54) is 0 Å². The van der Waals surface area contributed by atoms with E-state index in [9.17, 15) is 35.1 Å². The molecular weight excluding hydrogens is 300 g/mol. The van der Waals surface area contributed by atoms with Crippen molar-refractivity contribution in [1.29, 1.82) is 0 Å². The van der Waals surface area contributed by atoms with Gasteiger partial charge in [0.15, 0.2) is 5.66 Å². The van der Waals surface area contributed by atoms with Crippen LogP contribution in [0.5, 0.6) is 0 Å². The lowest BCUT2D eigenvalue weighted by Gasteiger charge is -2.48. The summed E-state index contributed by atoms with van der Waals surface area (Å²) in [5.74, 6) is -3.17. The van der Waals surface area contributed by atoms with Crippen molar-refractivity contribution < 1.29 is 40.2 Å². The van der Waals surface area contributed by atoms with E-state index in [0.29, 0.717) is 0 Å². The third-order valence-corrected chi connectivity index (χ3v) is 4.25. The average Bonchev–Trinajstić information content (AvgIpc) is 2.91. The summed E-state index contributed by atoms with van der Waals surface area (Å²) in [6.07, 6.45) is -6.41. The van der Waals surface area contributed by atoms with Gasteiger partial charge in [-0.05, 0) is 25.7 Å². The second-order valence-corrected chi connectivity index (χ2v) is 5.58. The van der Waals surface area contributed by atoms with Crippen LogP contribution in [0.2, 0.25) is 0 Å². The molecule has 126 valence electrons. The molecule has 4 unspecified atom stereocenters. The maximum Gasteiger partial charge on any atom is 0.340 e. The Morgan fingerprint density at radius 3 is 1.36 bits per heavy atom. The normalized spacial score (nSPS) is 36.4. The Morgan fingerprint density at radius 2 is 1.14 bits per heavy atom. The van der Waals surface area contributed by atoms with Crippen LogP contribution in [-0.2, 0) is 9.59 Å². The van der Waals surface area contributed by atoms with Crippen molar-refractivity contribution in [1.82, 2.24) is 9.80 Å². The van der Waals surface area contributed by atoms with E-state index in [1.54, 1.807) is 0 Å². The molecule has 6 N–H and O–H groups in total. The number of likely N-dealkylation sites (tertiary alicyclic amines) is 2. The number of aliphatic carboxylic acids is 2. The maximum atomic E-state index is 11.9. The van der Waals surface area contributed by atoms with Crippen molar-refractivity contribution in [3.63, 3.8) is 0 Å². The fourth-order valence-corrected chi connectivity index (χ4v) is 3.36. The zero-order chi connectivity index (χ0) is 16.7. The predicted molar refractivity (Wildman–Crippen MR) is 68.8 cm³/mol. The fraction of sp³-hybridized carbons (Fsp3) is 0.833. The lowest BCUT2D eigenvalue weighted by molar-refractivity contribution is -0.242. The van der Waals surface area contributed by atoms with Gasteiger partial charge in [-0.2, -0.15) is 0 Å². The van der Waals surface area contributed by atoms with Gasteiger partial charge in [-0.25, -0.2) is 14.6 Å². The third-order valence-electron chi connectivity index (χ3n) is 4.25. The van der Waals surface area contributed by atoms with Crippen LogP contribution >= 0.6 is 0 Å². The summed E-state index contributed by atoms with van der Waals surface area (Å²) < 4.78 is 0. The fourth-order valence-electron chi connectivity index (χ4n) is 3.36. The molecule has 10 heteroatoms. The Labute approximate surface area is 125 Å². The second-order valence-electron chi connectivity index (χ2n) is 5.58. The molecule has 0 aliphatic carbocycles. The van der Waals surface area contributed by atoms with Crippen LogP contribution in [0, 0.1) is 0 Å². The van der Waals surface area contributed by atoms with Crippen molar-refractivity contribution >= 4 is 11.9 Å². The molecule has 0 aromatic rings. The van der Waals surface area contributed by atoms with Gasteiger partial charge in [0.25, 0.3) is 0 Å². The number of nitrogens with zero attached hydrogens (tertiary/aromatic N) is 2. The Morgan fingerprint density at radius 1 is 0.818 bits per heavy atom. The minimum absolute atomic E-state index is 0.0514. The summed E-state index contributed by atoms with van der Waals surface area (Å²) in [5, 5.41) is 58.8. The van der Waals surface area contributed by atoms with Crippen LogP contribution in [0.3, 0.4) is 0 Å². The highest BCUT2D eigenvalue weighted by molar-refractivity contribution is 5.85. The van der Waals surface area contributed by atoms with Crippen molar-refractivity contribution in [3.8, 4) is 0 Å². The number of rotatable bonds is 5. The summed E-state index contributed by atoms with van der Waals surface area (Å²) in [5.41, 5.74) is -2.45. The largest absolute Gasteiger partial charge is 0.481 e. The minimum atomic E-state index is -2.45. The zero-order valence-electron chi connectivity index (χ0n) is 11.7. The van der Waals surface area contributed by atoms with Crippen LogP contribution in [0.25, 0.3) is 0 Å². The van der Waals surface area contributed by atoms with E-state index in [-0.39, 0.29) is 25.7 Å². The molecule has 2 aliphatic heterocycles. The lowest BCUT2D eigenvalue weighted by Crippen LogP contribution is -2.71. The smallest absolute Gasteiger partial charge is 0.340 e. The highest BCUT2D eigenvalue weighted by Gasteiger charge is 2.61. The molecule has 0 saturated carbocycles. The van der Waals surface area contributed by atoms with Gasteiger partial charge in [-0.3, -0.25) is 4.79 Å². The summed E-state index contributed by atoms with van der Waals surface area (Å²) in [4.78, 5) is 24.6. The van der Waals surface area contributed by atoms with E-state index >= 15 is 0 Å². The number of aliphatic hydroxyl groups is 4. The first-order chi connectivity index (χ1) is 10.2. The molecule has 2 fully saturated rings. The van der Waals surface area contributed by atoms with Gasteiger partial charge in [-0.1, -0.05) is 0 Å². The monoisotopic (exact) mass is 320 g/mol. The second kappa shape index (κ2) is 6.07. The van der Waals surface area contributed by atoms with E-state index in [1.807, 2.05) is 0 Å². The van der Waals surface area contributed by atoms with Gasteiger partial charge in [0.05, 0.1) is 6.42 Å². The molecule has 2 rings (SSSR count). The molecule has 0 amide bonds. The minimum Gasteiger partial charge on any atom is -0.481 e. The molecule has 2 aliphatic rings. The van der Waals surface area contributed by atoms with Crippen LogP contribution in [0.1, 0.15) is 32.1 Å². The Balaban J connectivity index is 2.55. The topological polar surface area (TPSA) is 162 Å². The number of carboxylic acid groups (broad SMARTS) is 2. The van der Waals surface area contributed by atoms with E-state index in [4.69, 9.17) is 5.11 Å². The van der Waals surface area contributed by atoms with E-state index in [0.717, 1.165) is 9.80 Å². The molecule has 0 spiro atoms. The molecule has 22 heavy (non-hydrogen) atoms. The van der Waals surface area contributed by atoms with Gasteiger partial charge in [0.2, 0.25) is 0 Å². The number of hydrogen-bond donors (Lipinski definition) is 6. The number of carboxylic acids is 2. The quantitative estimate of drug-likeness (QED) is 0.325. The molecule has 4 atom stereocenters. The van der Waals surface area contributed by atoms with Gasteiger partial charge < -0.3 is 30.6 Å². The molecular formula is C12H20N2O8. The van der Waals surface area contributed by atoms with Gasteiger partial charge >= 0.3 is 11.9 Å². The van der Waals surface area contributed by atoms with Crippen molar-refractivity contribution in [3.05, 3.63) is 0 Å². The van der Waals surface area contributed by atoms with Crippen molar-refractivity contribution in [2.45, 2.75) is 62.7 Å². The first kappa shape index (κ1) is 17.1. The number of carbonyl (C=O) groups is 2. The van der Waals surface area contributed by atoms with Crippen LogP contribution < -0.4 is 0 Å². The van der Waals surface area contributed by atoms with Crippen LogP contribution in [0.15, 0.2) is 0 Å². The Hall–Kier alpha value is -1.30. The van der Waals surface area contributed by atoms with Crippen molar-refractivity contribution in [2.24, 2.45) is 0 Å². The first-order valence-corrected chi connectivity index (χ1v) is 6.96. The van der Waals surface area contributed by atoms with Gasteiger partial charge in [0, 0.05) is 0 Å². The van der Waals surface area contributed by atoms with Crippen molar-refractivity contribution in [2.75, 3.05) is 0 Å². The number of hydrogen-bond acceptors (Lipinski definition) is 8. The standard InChI is InChI=1S/C12H20N2O8/c15-6-1-2-7(16)13(6)12(11(21)22,5-10(19)20)14-8(17)3-4-9(14)18/h6-9,15-18H,1-5H2,(H,19,20)(H,21,22). The molecule has 0 bridgehead atoms. The third kappa shape index (κ3) is 2.57. The molecule has 2 heterocycles. The highest BCUT2D eigenvalue weighted by atomic mass is 16.4. The Kier molecular flexibility index (Phi) is 4.70. The van der Waals surface area contributed by atoms with Gasteiger partial charge in [0.1, 0.15) is 24.9 Å². The van der Waals surface area contributed by atoms with E-state index < -0.39 is 48.9 Å². The molecule has 2 saturated heterocycles. The van der Waals surface area contributed by atoms with Gasteiger partial charge in [-0.15, -0.1) is 0 Å². The summed E-state index contributed by atoms with van der Waals surface area (Å²) in [6, 6.07) is 0. The molecule has 0 aromatic heterocycles.